The van der Waals surface area contributed by atoms with E-state index < -0.39 is 124 Å². The maximum Gasteiger partial charge on any atom is 0.220 e. The van der Waals surface area contributed by atoms with Crippen LogP contribution in [0, 0.1) is 0 Å². The maximum atomic E-state index is 13.3. The molecule has 3 rings (SSSR count). The molecule has 0 aromatic rings. The number of ether oxygens (including phenoxy) is 6. The summed E-state index contributed by atoms with van der Waals surface area (Å²) in [7, 11) is 0. The van der Waals surface area contributed by atoms with Crippen molar-refractivity contribution in [3.63, 3.8) is 0 Å². The summed E-state index contributed by atoms with van der Waals surface area (Å²) in [4.78, 5) is 13.3. The van der Waals surface area contributed by atoms with E-state index >= 15 is 0 Å². The van der Waals surface area contributed by atoms with Gasteiger partial charge in [0.2, 0.25) is 5.91 Å². The number of hydrogen-bond donors (Lipinski definition) is 12. The molecule has 0 saturated carbocycles. The standard InChI is InChI=1S/C68H123NO18/c1-3-5-7-9-11-13-15-16-17-18-19-20-21-22-23-24-25-26-27-28-29-30-31-32-33-34-36-38-40-42-44-46-56(74)69-51(52(73)45-43-41-39-37-35-14-12-10-8-6-4-2)50-82-66-62(80)59(77)64(54(48-71)84-66)87-68-63(81)60(78)65(55(49-72)85-68)86-67-61(79)58(76)57(75)53(47-70)83-67/h8,10,18-19,35,37,43,45,51-55,57-68,70-73,75-81H,3-7,9,11-17,20-34,36,38-42,44,46-50H2,1-2H3,(H,69,74)/b10-8+,19-18-,37-35+,45-43+. The Morgan fingerprint density at radius 1 is 0.402 bits per heavy atom. The fraction of sp³-hybridized carbons (Fsp3) is 0.868. The molecule has 0 aliphatic carbocycles. The van der Waals surface area contributed by atoms with Crippen LogP contribution in [0.1, 0.15) is 245 Å². The molecule has 0 bridgehead atoms. The molecule has 19 heteroatoms. The average molecular weight is 1240 g/mol. The van der Waals surface area contributed by atoms with Gasteiger partial charge in [-0.3, -0.25) is 4.79 Å². The van der Waals surface area contributed by atoms with Gasteiger partial charge in [0.25, 0.3) is 0 Å². The van der Waals surface area contributed by atoms with Gasteiger partial charge in [0.05, 0.1) is 38.6 Å². The topological polar surface area (TPSA) is 307 Å². The van der Waals surface area contributed by atoms with E-state index in [0.717, 1.165) is 51.4 Å². The van der Waals surface area contributed by atoms with Crippen LogP contribution in [0.15, 0.2) is 48.6 Å². The molecule has 1 amide bonds. The summed E-state index contributed by atoms with van der Waals surface area (Å²) >= 11 is 0. The Balaban J connectivity index is 1.36. The number of hydrogen-bond acceptors (Lipinski definition) is 18. The van der Waals surface area contributed by atoms with Gasteiger partial charge < -0.3 is 89.9 Å². The van der Waals surface area contributed by atoms with E-state index in [1.807, 2.05) is 6.08 Å². The lowest BCUT2D eigenvalue weighted by molar-refractivity contribution is -0.379. The van der Waals surface area contributed by atoms with E-state index in [1.54, 1.807) is 6.08 Å². The molecule has 12 N–H and O–H groups in total. The maximum absolute atomic E-state index is 13.3. The van der Waals surface area contributed by atoms with Crippen LogP contribution >= 0.6 is 0 Å². The van der Waals surface area contributed by atoms with Gasteiger partial charge in [-0.25, -0.2) is 0 Å². The van der Waals surface area contributed by atoms with Crippen LogP contribution < -0.4 is 5.32 Å². The second-order valence-corrected chi connectivity index (χ2v) is 24.6. The van der Waals surface area contributed by atoms with E-state index in [-0.39, 0.29) is 18.9 Å². The highest BCUT2D eigenvalue weighted by molar-refractivity contribution is 5.76. The summed E-state index contributed by atoms with van der Waals surface area (Å²) in [5.74, 6) is -0.289. The van der Waals surface area contributed by atoms with Crippen LogP contribution in [0.25, 0.3) is 0 Å². The Kier molecular flexibility index (Phi) is 45.7. The lowest BCUT2D eigenvalue weighted by Gasteiger charge is -2.48. The Hall–Kier alpha value is -2.25. The molecule has 0 aromatic carbocycles. The minimum absolute atomic E-state index is 0.233. The molecular formula is C68H123NO18. The lowest BCUT2D eigenvalue weighted by atomic mass is 9.96. The van der Waals surface area contributed by atoms with E-state index in [2.05, 4.69) is 55.6 Å². The van der Waals surface area contributed by atoms with Crippen molar-refractivity contribution in [3.05, 3.63) is 48.6 Å². The van der Waals surface area contributed by atoms with Crippen LogP contribution in [0.4, 0.5) is 0 Å². The molecule has 3 saturated heterocycles. The quantitative estimate of drug-likeness (QED) is 0.0200. The minimum Gasteiger partial charge on any atom is -0.394 e. The SMILES string of the molecule is CCC/C=C/CC/C=C/CC/C=C/C(O)C(COC1OC(CO)C(OC2OC(CO)C(OC3OC(CO)C(O)C(O)C3O)C(O)C2O)C(O)C1O)NC(=O)CCCCCCCCCCCCCCCCCCCCC/C=C\CCCCCCCCCC. The molecular weight excluding hydrogens is 1120 g/mol. The van der Waals surface area contributed by atoms with Crippen molar-refractivity contribution in [3.8, 4) is 0 Å². The first-order valence-electron chi connectivity index (χ1n) is 34.4. The third-order valence-corrected chi connectivity index (χ3v) is 17.1. The van der Waals surface area contributed by atoms with Gasteiger partial charge in [-0.2, -0.15) is 0 Å². The number of allylic oxidation sites excluding steroid dienone is 7. The summed E-state index contributed by atoms with van der Waals surface area (Å²) in [5.41, 5.74) is 0. The van der Waals surface area contributed by atoms with E-state index in [0.29, 0.717) is 12.8 Å². The number of aliphatic hydroxyl groups is 11. The first-order valence-corrected chi connectivity index (χ1v) is 34.4. The number of carbonyl (C=O) groups is 1. The largest absolute Gasteiger partial charge is 0.394 e. The molecule has 0 spiro atoms. The average Bonchev–Trinajstić information content (AvgIpc) is 1.88. The smallest absolute Gasteiger partial charge is 0.220 e. The van der Waals surface area contributed by atoms with E-state index in [4.69, 9.17) is 28.4 Å². The Morgan fingerprint density at radius 2 is 0.759 bits per heavy atom. The molecule has 3 fully saturated rings. The van der Waals surface area contributed by atoms with Crippen LogP contribution in [0.5, 0.6) is 0 Å². The first kappa shape index (κ1) is 79.0. The summed E-state index contributed by atoms with van der Waals surface area (Å²) in [6.07, 6.45) is 32.8. The van der Waals surface area contributed by atoms with Crippen molar-refractivity contribution in [2.45, 2.75) is 349 Å². The lowest BCUT2D eigenvalue weighted by Crippen LogP contribution is -2.66. The van der Waals surface area contributed by atoms with Gasteiger partial charge in [0, 0.05) is 6.42 Å². The zero-order valence-electron chi connectivity index (χ0n) is 53.5. The number of rotatable bonds is 52. The van der Waals surface area contributed by atoms with Crippen LogP contribution in [-0.2, 0) is 33.2 Å². The number of nitrogens with one attached hydrogen (secondary N) is 1. The molecule has 17 unspecified atom stereocenters. The fourth-order valence-electron chi connectivity index (χ4n) is 11.5. The van der Waals surface area contributed by atoms with Crippen molar-refractivity contribution < 1.29 is 89.4 Å². The third-order valence-electron chi connectivity index (χ3n) is 17.1. The normalized spacial score (nSPS) is 28.9. The highest BCUT2D eigenvalue weighted by Gasteiger charge is 2.53. The molecule has 0 aromatic heterocycles. The minimum atomic E-state index is -1.98. The van der Waals surface area contributed by atoms with Crippen LogP contribution in [-0.4, -0.2) is 193 Å². The van der Waals surface area contributed by atoms with Crippen molar-refractivity contribution in [2.75, 3.05) is 26.4 Å². The van der Waals surface area contributed by atoms with Gasteiger partial charge >= 0.3 is 0 Å². The summed E-state index contributed by atoms with van der Waals surface area (Å²) < 4.78 is 34.2. The van der Waals surface area contributed by atoms with E-state index in [9.17, 15) is 61.0 Å². The van der Waals surface area contributed by atoms with Gasteiger partial charge in [0.15, 0.2) is 18.9 Å². The van der Waals surface area contributed by atoms with Crippen molar-refractivity contribution in [2.24, 2.45) is 0 Å². The predicted octanol–water partition coefficient (Wildman–Crippen LogP) is 8.61. The van der Waals surface area contributed by atoms with Crippen molar-refractivity contribution in [1.82, 2.24) is 5.32 Å². The number of carbonyl (C=O) groups excluding carboxylic acids is 1. The Bertz CT molecular complexity index is 1770. The summed E-state index contributed by atoms with van der Waals surface area (Å²) in [5, 5.41) is 120. The molecule has 508 valence electrons. The second kappa shape index (κ2) is 50.3. The molecule has 3 heterocycles. The molecule has 19 nitrogen and oxygen atoms in total. The van der Waals surface area contributed by atoms with Crippen molar-refractivity contribution >= 4 is 5.91 Å². The van der Waals surface area contributed by atoms with E-state index in [1.165, 1.54) is 161 Å². The molecule has 87 heavy (non-hydrogen) atoms. The zero-order valence-corrected chi connectivity index (χ0v) is 53.5. The Morgan fingerprint density at radius 3 is 1.20 bits per heavy atom. The van der Waals surface area contributed by atoms with Gasteiger partial charge in [-0.15, -0.1) is 0 Å². The number of unbranched alkanes of at least 4 members (excludes halogenated alkanes) is 30. The number of amides is 1. The molecule has 17 atom stereocenters. The van der Waals surface area contributed by atoms with Crippen LogP contribution in [0.3, 0.4) is 0 Å². The molecule has 3 aliphatic rings. The summed E-state index contributed by atoms with van der Waals surface area (Å²) in [6.45, 7) is 1.62. The Labute approximate surface area is 523 Å². The second-order valence-electron chi connectivity index (χ2n) is 24.6. The third kappa shape index (κ3) is 32.7. The summed E-state index contributed by atoms with van der Waals surface area (Å²) in [6, 6.07) is -0.994. The van der Waals surface area contributed by atoms with Gasteiger partial charge in [-0.05, 0) is 64.2 Å². The monoisotopic (exact) mass is 1240 g/mol. The fourth-order valence-corrected chi connectivity index (χ4v) is 11.5. The molecule has 3 aliphatic heterocycles. The molecule has 0 radical (unpaired) electrons. The predicted molar refractivity (Wildman–Crippen MR) is 337 cm³/mol. The zero-order chi connectivity index (χ0) is 63.3. The number of aliphatic hydroxyl groups excluding tert-OH is 11. The highest BCUT2D eigenvalue weighted by atomic mass is 16.8. The highest BCUT2D eigenvalue weighted by Crippen LogP contribution is 2.33. The van der Waals surface area contributed by atoms with Gasteiger partial charge in [0.1, 0.15) is 73.2 Å². The first-order chi connectivity index (χ1) is 42.3. The van der Waals surface area contributed by atoms with Gasteiger partial charge in [-0.1, -0.05) is 223 Å². The van der Waals surface area contributed by atoms with Crippen molar-refractivity contribution in [1.29, 1.82) is 0 Å². The van der Waals surface area contributed by atoms with Crippen LogP contribution in [0.2, 0.25) is 0 Å².